The first-order valence-corrected chi connectivity index (χ1v) is 6.35. The van der Waals surface area contributed by atoms with Gasteiger partial charge in [0.2, 0.25) is 0 Å². The number of amides is 1. The normalized spacial score (nSPS) is 15.9. The van der Waals surface area contributed by atoms with Crippen molar-refractivity contribution in [1.29, 1.82) is 0 Å². The van der Waals surface area contributed by atoms with E-state index in [1.807, 2.05) is 18.2 Å². The lowest BCUT2D eigenvalue weighted by atomic mass is 9.89. The highest BCUT2D eigenvalue weighted by Gasteiger charge is 2.17. The molecule has 1 aromatic carbocycles. The lowest BCUT2D eigenvalue weighted by Gasteiger charge is -2.21. The van der Waals surface area contributed by atoms with Crippen LogP contribution in [0, 0.1) is 11.8 Å². The number of nitrogens with one attached hydrogen (secondary N) is 1. The van der Waals surface area contributed by atoms with Crippen LogP contribution in [-0.4, -0.2) is 19.1 Å². The van der Waals surface area contributed by atoms with E-state index in [0.29, 0.717) is 18.4 Å². The summed E-state index contributed by atoms with van der Waals surface area (Å²) in [6, 6.07) is 5.94. The Morgan fingerprint density at radius 2 is 2.22 bits per heavy atom. The molecule has 0 saturated carbocycles. The average molecular weight is 248 g/mol. The molecular weight excluding hydrogens is 228 g/mol. The molecule has 4 nitrogen and oxygen atoms in total. The fourth-order valence-corrected chi connectivity index (χ4v) is 2.15. The van der Waals surface area contributed by atoms with Crippen molar-refractivity contribution in [2.75, 3.05) is 18.5 Å². The van der Waals surface area contributed by atoms with E-state index in [-0.39, 0.29) is 12.5 Å². The Morgan fingerprint density at radius 1 is 1.44 bits per heavy atom. The molecule has 1 aliphatic rings. The van der Waals surface area contributed by atoms with Crippen molar-refractivity contribution in [2.24, 2.45) is 17.6 Å². The number of anilines is 1. The van der Waals surface area contributed by atoms with Crippen molar-refractivity contribution in [3.8, 4) is 5.75 Å². The second kappa shape index (κ2) is 5.40. The SMILES string of the molecule is CC(C)C(CN)Cc1ccc2c(c1)NC(=O)CO2. The van der Waals surface area contributed by atoms with Gasteiger partial charge >= 0.3 is 0 Å². The summed E-state index contributed by atoms with van der Waals surface area (Å²) < 4.78 is 5.33. The first-order valence-electron chi connectivity index (χ1n) is 6.35. The molecule has 1 amide bonds. The maximum atomic E-state index is 11.3. The van der Waals surface area contributed by atoms with Gasteiger partial charge in [0.05, 0.1) is 5.69 Å². The zero-order chi connectivity index (χ0) is 13.1. The lowest BCUT2D eigenvalue weighted by Crippen LogP contribution is -2.26. The first-order chi connectivity index (χ1) is 8.60. The minimum Gasteiger partial charge on any atom is -0.482 e. The zero-order valence-electron chi connectivity index (χ0n) is 10.9. The summed E-state index contributed by atoms with van der Waals surface area (Å²) in [4.78, 5) is 11.3. The first kappa shape index (κ1) is 12.9. The van der Waals surface area contributed by atoms with E-state index in [0.717, 1.165) is 17.9 Å². The highest BCUT2D eigenvalue weighted by Crippen LogP contribution is 2.29. The molecule has 1 aromatic rings. The highest BCUT2D eigenvalue weighted by atomic mass is 16.5. The standard InChI is InChI=1S/C14H20N2O2/c1-9(2)11(7-15)5-10-3-4-13-12(6-10)16-14(17)8-18-13/h3-4,6,9,11H,5,7-8,15H2,1-2H3,(H,16,17). The fraction of sp³-hybridized carbons (Fsp3) is 0.500. The van der Waals surface area contributed by atoms with Crippen molar-refractivity contribution in [3.05, 3.63) is 23.8 Å². The van der Waals surface area contributed by atoms with Crippen molar-refractivity contribution in [1.82, 2.24) is 0 Å². The van der Waals surface area contributed by atoms with Crippen LogP contribution in [0.2, 0.25) is 0 Å². The van der Waals surface area contributed by atoms with Crippen molar-refractivity contribution >= 4 is 11.6 Å². The Bertz CT molecular complexity index is 443. The Morgan fingerprint density at radius 3 is 2.89 bits per heavy atom. The Kier molecular flexibility index (Phi) is 3.87. The molecule has 0 radical (unpaired) electrons. The van der Waals surface area contributed by atoms with E-state index >= 15 is 0 Å². The molecule has 0 fully saturated rings. The van der Waals surface area contributed by atoms with Crippen LogP contribution in [-0.2, 0) is 11.2 Å². The summed E-state index contributed by atoms with van der Waals surface area (Å²) >= 11 is 0. The molecule has 1 unspecified atom stereocenters. The minimum absolute atomic E-state index is 0.0983. The number of fused-ring (bicyclic) bond motifs is 1. The van der Waals surface area contributed by atoms with E-state index in [2.05, 4.69) is 19.2 Å². The number of hydrogen-bond donors (Lipinski definition) is 2. The second-order valence-corrected chi connectivity index (χ2v) is 5.11. The van der Waals surface area contributed by atoms with Gasteiger partial charge in [-0.05, 0) is 42.5 Å². The number of carbonyl (C=O) groups is 1. The van der Waals surface area contributed by atoms with Gasteiger partial charge in [0, 0.05) is 0 Å². The number of carbonyl (C=O) groups excluding carboxylic acids is 1. The number of benzene rings is 1. The molecule has 0 saturated heterocycles. The van der Waals surface area contributed by atoms with Crippen LogP contribution in [0.4, 0.5) is 5.69 Å². The van der Waals surface area contributed by atoms with E-state index in [9.17, 15) is 4.79 Å². The maximum Gasteiger partial charge on any atom is 0.262 e. The fourth-order valence-electron chi connectivity index (χ4n) is 2.15. The van der Waals surface area contributed by atoms with Crippen LogP contribution >= 0.6 is 0 Å². The van der Waals surface area contributed by atoms with Crippen LogP contribution in [0.25, 0.3) is 0 Å². The van der Waals surface area contributed by atoms with Gasteiger partial charge in [-0.15, -0.1) is 0 Å². The molecule has 18 heavy (non-hydrogen) atoms. The Hall–Kier alpha value is -1.55. The van der Waals surface area contributed by atoms with E-state index < -0.39 is 0 Å². The molecule has 2 rings (SSSR count). The number of rotatable bonds is 4. The third-order valence-electron chi connectivity index (χ3n) is 3.42. The highest BCUT2D eigenvalue weighted by molar-refractivity contribution is 5.95. The summed E-state index contributed by atoms with van der Waals surface area (Å²) in [5.74, 6) is 1.66. The van der Waals surface area contributed by atoms with Crippen molar-refractivity contribution in [2.45, 2.75) is 20.3 Å². The largest absolute Gasteiger partial charge is 0.482 e. The molecule has 98 valence electrons. The second-order valence-electron chi connectivity index (χ2n) is 5.11. The van der Waals surface area contributed by atoms with Crippen LogP contribution in [0.15, 0.2) is 18.2 Å². The average Bonchev–Trinajstić information content (AvgIpc) is 2.35. The van der Waals surface area contributed by atoms with Gasteiger partial charge in [0.15, 0.2) is 6.61 Å². The molecule has 1 atom stereocenters. The summed E-state index contributed by atoms with van der Waals surface area (Å²) in [5, 5.41) is 2.83. The van der Waals surface area contributed by atoms with Crippen LogP contribution in [0.3, 0.4) is 0 Å². The molecule has 0 bridgehead atoms. The van der Waals surface area contributed by atoms with Crippen LogP contribution in [0.1, 0.15) is 19.4 Å². The van der Waals surface area contributed by atoms with Gasteiger partial charge in [0.1, 0.15) is 5.75 Å². The molecule has 3 N–H and O–H groups in total. The Balaban J connectivity index is 2.15. The van der Waals surface area contributed by atoms with E-state index in [1.54, 1.807) is 0 Å². The lowest BCUT2D eigenvalue weighted by molar-refractivity contribution is -0.118. The van der Waals surface area contributed by atoms with Crippen molar-refractivity contribution < 1.29 is 9.53 Å². The smallest absolute Gasteiger partial charge is 0.262 e. The number of hydrogen-bond acceptors (Lipinski definition) is 3. The van der Waals surface area contributed by atoms with Crippen molar-refractivity contribution in [3.63, 3.8) is 0 Å². The molecule has 0 spiro atoms. The summed E-state index contributed by atoms with van der Waals surface area (Å²) in [6.07, 6.45) is 0.928. The van der Waals surface area contributed by atoms with Gasteiger partial charge < -0.3 is 15.8 Å². The topological polar surface area (TPSA) is 64.3 Å². The minimum atomic E-state index is -0.0983. The van der Waals surface area contributed by atoms with Gasteiger partial charge in [0.25, 0.3) is 5.91 Å². The third kappa shape index (κ3) is 2.82. The Labute approximate surface area is 108 Å². The van der Waals surface area contributed by atoms with E-state index in [4.69, 9.17) is 10.5 Å². The molecule has 4 heteroatoms. The quantitative estimate of drug-likeness (QED) is 0.853. The number of nitrogens with two attached hydrogens (primary N) is 1. The molecule has 0 aliphatic carbocycles. The molecule has 0 aromatic heterocycles. The number of ether oxygens (including phenoxy) is 1. The summed E-state index contributed by atoms with van der Waals surface area (Å²) in [6.45, 7) is 5.14. The summed E-state index contributed by atoms with van der Waals surface area (Å²) in [5.41, 5.74) is 7.74. The third-order valence-corrected chi connectivity index (χ3v) is 3.42. The predicted octanol–water partition coefficient (Wildman–Crippen LogP) is 1.79. The molecule has 1 aliphatic heterocycles. The van der Waals surface area contributed by atoms with Crippen LogP contribution < -0.4 is 15.8 Å². The van der Waals surface area contributed by atoms with Gasteiger partial charge in [-0.25, -0.2) is 0 Å². The monoisotopic (exact) mass is 248 g/mol. The maximum absolute atomic E-state index is 11.3. The molecular formula is C14H20N2O2. The molecule has 1 heterocycles. The van der Waals surface area contributed by atoms with Gasteiger partial charge in [-0.3, -0.25) is 4.79 Å². The van der Waals surface area contributed by atoms with E-state index in [1.165, 1.54) is 5.56 Å². The van der Waals surface area contributed by atoms with Gasteiger partial charge in [-0.2, -0.15) is 0 Å². The zero-order valence-corrected chi connectivity index (χ0v) is 10.9. The van der Waals surface area contributed by atoms with Crippen LogP contribution in [0.5, 0.6) is 5.75 Å². The predicted molar refractivity (Wildman–Crippen MR) is 71.7 cm³/mol. The van der Waals surface area contributed by atoms with Gasteiger partial charge in [-0.1, -0.05) is 19.9 Å². The summed E-state index contributed by atoms with van der Waals surface area (Å²) in [7, 11) is 0.